The van der Waals surface area contributed by atoms with Crippen molar-refractivity contribution in [2.45, 2.75) is 137 Å². The van der Waals surface area contributed by atoms with E-state index in [-0.39, 0.29) is 82.4 Å². The van der Waals surface area contributed by atoms with Gasteiger partial charge in [-0.25, -0.2) is 9.97 Å². The van der Waals surface area contributed by atoms with Gasteiger partial charge in [-0.05, 0) is 66.2 Å². The van der Waals surface area contributed by atoms with Crippen LogP contribution >= 0.6 is 22.7 Å². The molecule has 2 aliphatic heterocycles. The predicted octanol–water partition coefficient (Wildman–Crippen LogP) is 6.80. The van der Waals surface area contributed by atoms with Crippen molar-refractivity contribution in [3.05, 3.63) is 94.3 Å². The van der Waals surface area contributed by atoms with Gasteiger partial charge in [0.05, 0.1) is 90.1 Å². The minimum Gasteiger partial charge on any atom is -0.391 e. The number of ether oxygens (including phenoxy) is 5. The van der Waals surface area contributed by atoms with Crippen molar-refractivity contribution in [1.29, 1.82) is 0 Å². The average Bonchev–Trinajstić information content (AvgIpc) is 4.32. The molecule has 19 nitrogen and oxygen atoms in total. The molecule has 6 atom stereocenters. The van der Waals surface area contributed by atoms with E-state index in [2.05, 4.69) is 44.6 Å². The molecule has 0 unspecified atom stereocenters. The maximum atomic E-state index is 14.1. The van der Waals surface area contributed by atoms with Crippen LogP contribution in [-0.4, -0.2) is 169 Å². The maximum Gasteiger partial charge on any atom is 0.246 e. The summed E-state index contributed by atoms with van der Waals surface area (Å²) in [6.45, 7) is 23.0. The molecule has 2 saturated heterocycles. The number of aliphatic hydroxyl groups is 2. The van der Waals surface area contributed by atoms with Gasteiger partial charge in [-0.2, -0.15) is 0 Å². The smallest absolute Gasteiger partial charge is 0.246 e. The number of hydrogen-bond donors (Lipinski definition) is 5. The molecule has 4 aromatic rings. The van der Waals surface area contributed by atoms with Gasteiger partial charge in [-0.1, -0.05) is 96.7 Å². The zero-order chi connectivity index (χ0) is 59.4. The van der Waals surface area contributed by atoms with Crippen molar-refractivity contribution in [3.63, 3.8) is 0 Å². The van der Waals surface area contributed by atoms with E-state index in [9.17, 15) is 34.2 Å². The molecule has 2 aliphatic rings. The van der Waals surface area contributed by atoms with E-state index in [0.717, 1.165) is 62.7 Å². The number of benzene rings is 2. The Kier molecular flexibility index (Phi) is 25.6. The molecule has 2 fully saturated rings. The van der Waals surface area contributed by atoms with Crippen LogP contribution in [0.5, 0.6) is 0 Å². The Balaban J connectivity index is 0.763. The number of aryl methyl sites for hydroxylation is 2. The van der Waals surface area contributed by atoms with Crippen LogP contribution in [0.15, 0.2) is 71.8 Å². The lowest BCUT2D eigenvalue weighted by Crippen LogP contribution is -2.57. The number of likely N-dealkylation sites (tertiary alicyclic amines) is 2. The van der Waals surface area contributed by atoms with Crippen LogP contribution in [0, 0.1) is 30.6 Å². The fourth-order valence-corrected chi connectivity index (χ4v) is 11.5. The van der Waals surface area contributed by atoms with E-state index in [1.54, 1.807) is 27.6 Å². The number of β-amino-alcohol motifs (C(OH)–C–C–N with tert-alkyl or cyclic N) is 2. The minimum absolute atomic E-state index is 0.0256. The average molecular weight is 1170 g/mol. The third kappa shape index (κ3) is 20.1. The predicted molar refractivity (Wildman–Crippen MR) is 317 cm³/mol. The summed E-state index contributed by atoms with van der Waals surface area (Å²) in [5.41, 5.74) is 9.13. The largest absolute Gasteiger partial charge is 0.391 e. The summed E-state index contributed by atoms with van der Waals surface area (Å²) >= 11 is 3.18. The molecule has 0 aliphatic carbocycles. The van der Waals surface area contributed by atoms with Crippen LogP contribution in [0.25, 0.3) is 20.9 Å². The van der Waals surface area contributed by atoms with Crippen molar-refractivity contribution >= 4 is 52.1 Å². The Morgan fingerprint density at radius 2 is 1.09 bits per heavy atom. The Morgan fingerprint density at radius 3 is 1.59 bits per heavy atom. The zero-order valence-electron chi connectivity index (χ0n) is 49.2. The number of thiazole rings is 2. The standard InChI is InChI=1S/C61H87N7O12S2/c1-40(62-32-43-13-17-45(18-14-43)54-41(2)64-38-81-54)51-30-47(69)34-67(51)59(75)56(61(7,8)9)66-53(72)37-80-28-27-78-26-25-77-24-23-76-21-11-10-12-22-79-36-49(71)29-50(60(4,5)6)58(74)68-35-48(70)31-52(68)57(73)63-33-44-15-19-46(20-16-44)55-42(3)65-39-82-55/h13-20,38-39,47-48,50-52,56,62,69-70H,1,10-12,21-37H2,2-9H3,(H,63,73)(H,66,72)/t47-,48-,50-,51+,52+,56-/m1/s1. The number of aliphatic hydroxyl groups excluding tert-OH is 2. The molecule has 21 heteroatoms. The van der Waals surface area contributed by atoms with Crippen LogP contribution in [0.2, 0.25) is 0 Å². The molecule has 0 radical (unpaired) electrons. The van der Waals surface area contributed by atoms with Crippen LogP contribution in [0.3, 0.4) is 0 Å². The molecule has 5 N–H and O–H groups in total. The number of nitrogens with one attached hydrogen (secondary N) is 3. The van der Waals surface area contributed by atoms with Crippen LogP contribution in [0.4, 0.5) is 0 Å². The molecule has 4 heterocycles. The van der Waals surface area contributed by atoms with Gasteiger partial charge in [0, 0.05) is 70.3 Å². The van der Waals surface area contributed by atoms with Crippen LogP contribution in [0.1, 0.15) is 103 Å². The highest BCUT2D eigenvalue weighted by atomic mass is 32.1. The highest BCUT2D eigenvalue weighted by Crippen LogP contribution is 2.35. The number of hydrogen-bond acceptors (Lipinski definition) is 17. The van der Waals surface area contributed by atoms with E-state index in [4.69, 9.17) is 23.7 Å². The SMILES string of the molecule is C=C(NCc1ccc(-c2scnc2C)cc1)[C@@H]1C[C@@H](O)CN1C(=O)[C@@H](NC(=O)COCCOCCOCCOCCCCCOCC(=O)C[C@H](C(=O)N1C[C@H](O)C[C@H]1C(=O)NCc1ccc(-c2scnc2C)cc1)C(C)(C)C)C(C)(C)C. The van der Waals surface area contributed by atoms with Gasteiger partial charge in [-0.3, -0.25) is 24.0 Å². The Hall–Kier alpha value is -5.49. The maximum absolute atomic E-state index is 14.1. The highest BCUT2D eigenvalue weighted by Gasteiger charge is 2.45. The number of unbranched alkanes of at least 4 members (excludes halogenated alkanes) is 2. The quantitative estimate of drug-likeness (QED) is 0.0308. The Morgan fingerprint density at radius 1 is 0.622 bits per heavy atom. The number of amides is 4. The molecule has 6 rings (SSSR count). The summed E-state index contributed by atoms with van der Waals surface area (Å²) in [5, 5.41) is 30.4. The first-order valence-corrected chi connectivity index (χ1v) is 30.2. The summed E-state index contributed by atoms with van der Waals surface area (Å²) in [6, 6.07) is 14.0. The van der Waals surface area contributed by atoms with Crippen molar-refractivity contribution in [1.82, 2.24) is 35.7 Å². The zero-order valence-corrected chi connectivity index (χ0v) is 50.8. The van der Waals surface area contributed by atoms with Gasteiger partial charge in [0.25, 0.3) is 0 Å². The Labute approximate surface area is 491 Å². The molecule has 2 aromatic heterocycles. The molecule has 82 heavy (non-hydrogen) atoms. The molecular weight excluding hydrogens is 1090 g/mol. The molecule has 450 valence electrons. The second-order valence-corrected chi connectivity index (χ2v) is 25.1. The summed E-state index contributed by atoms with van der Waals surface area (Å²) in [7, 11) is 0. The number of carbonyl (C=O) groups is 5. The lowest BCUT2D eigenvalue weighted by Gasteiger charge is -2.36. The number of Topliss-reactive ketones (excluding diaryl/α,β-unsaturated/α-hetero) is 1. The number of rotatable bonds is 33. The van der Waals surface area contributed by atoms with E-state index < -0.39 is 53.0 Å². The second-order valence-electron chi connectivity index (χ2n) is 23.3. The van der Waals surface area contributed by atoms with Crippen molar-refractivity contribution < 1.29 is 57.9 Å². The number of nitrogens with zero attached hydrogens (tertiary/aromatic N) is 4. The van der Waals surface area contributed by atoms with Gasteiger partial charge < -0.3 is 59.6 Å². The van der Waals surface area contributed by atoms with Crippen LogP contribution in [-0.2, 0) is 60.7 Å². The first-order valence-electron chi connectivity index (χ1n) is 28.5. The monoisotopic (exact) mass is 1170 g/mol. The fraction of sp³-hybridized carbons (Fsp3) is 0.590. The van der Waals surface area contributed by atoms with Gasteiger partial charge >= 0.3 is 0 Å². The molecule has 0 saturated carbocycles. The molecular formula is C61H87N7O12S2. The lowest BCUT2D eigenvalue weighted by molar-refractivity contribution is -0.146. The van der Waals surface area contributed by atoms with Crippen molar-refractivity contribution in [2.24, 2.45) is 16.7 Å². The summed E-state index contributed by atoms with van der Waals surface area (Å²) < 4.78 is 28.2. The van der Waals surface area contributed by atoms with Gasteiger partial charge in [0.1, 0.15) is 25.3 Å². The first-order chi connectivity index (χ1) is 39.1. The molecule has 0 spiro atoms. The van der Waals surface area contributed by atoms with Crippen molar-refractivity contribution in [3.8, 4) is 20.9 Å². The number of aromatic nitrogens is 2. The van der Waals surface area contributed by atoms with Crippen LogP contribution < -0.4 is 16.0 Å². The lowest BCUT2D eigenvalue weighted by atomic mass is 9.77. The molecule has 4 amide bonds. The number of carbonyl (C=O) groups excluding carboxylic acids is 5. The topological polar surface area (TPSA) is 240 Å². The Bertz CT molecular complexity index is 2500. The summed E-state index contributed by atoms with van der Waals surface area (Å²) in [6.07, 6.45) is 1.25. The third-order valence-electron chi connectivity index (χ3n) is 14.6. The van der Waals surface area contributed by atoms with E-state index in [1.165, 1.54) is 4.90 Å². The second kappa shape index (κ2) is 32.0. The van der Waals surface area contributed by atoms with Gasteiger partial charge in [0.15, 0.2) is 5.78 Å². The summed E-state index contributed by atoms with van der Waals surface area (Å²) in [5.74, 6) is -2.30. The summed E-state index contributed by atoms with van der Waals surface area (Å²) in [4.78, 5) is 81.7. The van der Waals surface area contributed by atoms with E-state index >= 15 is 0 Å². The molecule has 0 bridgehead atoms. The van der Waals surface area contributed by atoms with Gasteiger partial charge in [0.2, 0.25) is 23.6 Å². The van der Waals surface area contributed by atoms with Gasteiger partial charge in [-0.15, -0.1) is 22.7 Å². The normalized spacial score (nSPS) is 18.1. The van der Waals surface area contributed by atoms with Crippen molar-refractivity contribution in [2.75, 3.05) is 79.2 Å². The minimum atomic E-state index is -0.868. The molecule has 2 aromatic carbocycles. The first kappa shape index (κ1) is 65.7. The third-order valence-corrected chi connectivity index (χ3v) is 16.6. The van der Waals surface area contributed by atoms with E-state index in [1.807, 2.05) is 103 Å². The number of ketones is 1. The highest BCUT2D eigenvalue weighted by molar-refractivity contribution is 7.13. The fourth-order valence-electron chi connectivity index (χ4n) is 9.90. The van der Waals surface area contributed by atoms with E-state index in [0.29, 0.717) is 58.3 Å².